The maximum atomic E-state index is 4.74. The molecular weight excluding hydrogens is 362 g/mol. The van der Waals surface area contributed by atoms with E-state index >= 15 is 0 Å². The number of hydrogen-bond donors (Lipinski definition) is 1. The molecule has 0 spiro atoms. The van der Waals surface area contributed by atoms with Crippen molar-refractivity contribution in [2.24, 2.45) is 5.92 Å². The summed E-state index contributed by atoms with van der Waals surface area (Å²) in [5.74, 6) is 2.81. The Kier molecular flexibility index (Phi) is 5.67. The maximum Gasteiger partial charge on any atom is 0.230 e. The first-order chi connectivity index (χ1) is 14.0. The van der Waals surface area contributed by atoms with Gasteiger partial charge in [0.25, 0.3) is 0 Å². The molecule has 1 N–H and O–H groups in total. The first-order valence-electron chi connectivity index (χ1n) is 10.4. The van der Waals surface area contributed by atoms with Gasteiger partial charge in [-0.3, -0.25) is 0 Å². The van der Waals surface area contributed by atoms with Gasteiger partial charge < -0.3 is 20.0 Å². The van der Waals surface area contributed by atoms with Gasteiger partial charge >= 0.3 is 0 Å². The third-order valence-electron chi connectivity index (χ3n) is 5.85. The van der Waals surface area contributed by atoms with Crippen molar-refractivity contribution in [3.8, 4) is 0 Å². The monoisotopic (exact) mass is 393 g/mol. The van der Waals surface area contributed by atoms with Crippen LogP contribution in [-0.2, 0) is 0 Å². The van der Waals surface area contributed by atoms with E-state index in [1.807, 2.05) is 24.5 Å². The average molecular weight is 394 g/mol. The van der Waals surface area contributed by atoms with Crippen LogP contribution in [0.4, 0.5) is 23.3 Å². The highest BCUT2D eigenvalue weighted by Crippen LogP contribution is 2.31. The van der Waals surface area contributed by atoms with E-state index in [1.165, 1.54) is 5.57 Å². The molecule has 0 aliphatic carbocycles. The number of likely N-dealkylation sites (N-methyl/N-ethyl adjacent to an activating group) is 1. The van der Waals surface area contributed by atoms with Gasteiger partial charge in [0, 0.05) is 45.0 Å². The van der Waals surface area contributed by atoms with Crippen LogP contribution in [0.2, 0.25) is 0 Å². The summed E-state index contributed by atoms with van der Waals surface area (Å²) in [6, 6.07) is 6.52. The summed E-state index contributed by atoms with van der Waals surface area (Å²) in [5, 5.41) is 3.25. The largest absolute Gasteiger partial charge is 0.368 e. The van der Waals surface area contributed by atoms with Crippen molar-refractivity contribution < 1.29 is 0 Å². The number of hydrogen-bond acceptors (Lipinski definition) is 7. The molecule has 4 rings (SSSR count). The second kappa shape index (κ2) is 8.37. The predicted octanol–water partition coefficient (Wildman–Crippen LogP) is 3.16. The van der Waals surface area contributed by atoms with Gasteiger partial charge in [0.2, 0.25) is 5.95 Å². The molecule has 0 aromatic carbocycles. The summed E-state index contributed by atoms with van der Waals surface area (Å²) in [4.78, 5) is 20.8. The van der Waals surface area contributed by atoms with Crippen LogP contribution in [0.1, 0.15) is 20.3 Å². The zero-order valence-corrected chi connectivity index (χ0v) is 17.7. The quantitative estimate of drug-likeness (QED) is 0.783. The molecule has 0 saturated carbocycles. The average Bonchev–Trinajstić information content (AvgIpc) is 3.12. The number of anilines is 4. The minimum absolute atomic E-state index is 0.436. The van der Waals surface area contributed by atoms with Gasteiger partial charge in [-0.15, -0.1) is 0 Å². The van der Waals surface area contributed by atoms with Gasteiger partial charge in [0.15, 0.2) is 0 Å². The highest BCUT2D eigenvalue weighted by atomic mass is 15.3. The van der Waals surface area contributed by atoms with E-state index in [-0.39, 0.29) is 0 Å². The number of aromatic nitrogens is 3. The molecule has 0 radical (unpaired) electrons. The van der Waals surface area contributed by atoms with E-state index in [0.29, 0.717) is 17.9 Å². The minimum Gasteiger partial charge on any atom is -0.368 e. The second-order valence-corrected chi connectivity index (χ2v) is 8.45. The zero-order valence-electron chi connectivity index (χ0n) is 17.7. The molecule has 2 aliphatic heterocycles. The molecule has 154 valence electrons. The summed E-state index contributed by atoms with van der Waals surface area (Å²) >= 11 is 0. The Hall–Kier alpha value is -2.67. The van der Waals surface area contributed by atoms with Gasteiger partial charge in [-0.25, -0.2) is 9.97 Å². The topological polar surface area (TPSA) is 60.4 Å². The van der Waals surface area contributed by atoms with E-state index in [9.17, 15) is 0 Å². The van der Waals surface area contributed by atoms with Crippen LogP contribution in [0.5, 0.6) is 0 Å². The molecule has 7 nitrogen and oxygen atoms in total. The fourth-order valence-electron chi connectivity index (χ4n) is 4.07. The molecule has 2 aromatic rings. The standard InChI is InChI=1S/C22H31N7/c1-16(2)19-13-17(3)15-29(19)21-7-8-23-22(26-21)25-20-6-5-18(14-24-20)28-11-9-27(4)10-12-28/h5-8,14,16,19H,3,9-13,15H2,1-2,4H3,(H,23,24,25,26). The highest BCUT2D eigenvalue weighted by Gasteiger charge is 2.30. The molecule has 2 saturated heterocycles. The Labute approximate surface area is 173 Å². The van der Waals surface area contributed by atoms with Crippen LogP contribution in [0.25, 0.3) is 0 Å². The van der Waals surface area contributed by atoms with Gasteiger partial charge in [0.05, 0.1) is 11.9 Å². The van der Waals surface area contributed by atoms with E-state index in [2.05, 4.69) is 63.5 Å². The molecule has 2 fully saturated rings. The molecule has 4 heterocycles. The van der Waals surface area contributed by atoms with Crippen LogP contribution in [-0.4, -0.2) is 65.7 Å². The van der Waals surface area contributed by atoms with E-state index in [1.54, 1.807) is 0 Å². The number of nitrogens with one attached hydrogen (secondary N) is 1. The molecular formula is C22H31N7. The van der Waals surface area contributed by atoms with Crippen molar-refractivity contribution in [1.82, 2.24) is 19.9 Å². The van der Waals surface area contributed by atoms with Gasteiger partial charge in [-0.2, -0.15) is 4.98 Å². The normalized spacial score (nSPS) is 20.6. The molecule has 7 heteroatoms. The van der Waals surface area contributed by atoms with E-state index in [0.717, 1.165) is 56.5 Å². The van der Waals surface area contributed by atoms with Crippen LogP contribution in [0.3, 0.4) is 0 Å². The number of pyridine rings is 1. The maximum absolute atomic E-state index is 4.74. The lowest BCUT2D eigenvalue weighted by Crippen LogP contribution is -2.44. The van der Waals surface area contributed by atoms with Gasteiger partial charge in [0.1, 0.15) is 11.6 Å². The lowest BCUT2D eigenvalue weighted by molar-refractivity contribution is 0.313. The van der Waals surface area contributed by atoms with Crippen LogP contribution in [0.15, 0.2) is 42.7 Å². The van der Waals surface area contributed by atoms with Crippen molar-refractivity contribution in [2.45, 2.75) is 26.3 Å². The van der Waals surface area contributed by atoms with Gasteiger partial charge in [-0.05, 0) is 37.6 Å². The van der Waals surface area contributed by atoms with Crippen molar-refractivity contribution >= 4 is 23.3 Å². The number of piperazine rings is 1. The summed E-state index contributed by atoms with van der Waals surface area (Å²) < 4.78 is 0. The lowest BCUT2D eigenvalue weighted by Gasteiger charge is -2.33. The van der Waals surface area contributed by atoms with Crippen molar-refractivity contribution in [3.63, 3.8) is 0 Å². The van der Waals surface area contributed by atoms with Crippen LogP contribution in [0, 0.1) is 5.92 Å². The molecule has 0 bridgehead atoms. The number of nitrogens with zero attached hydrogens (tertiary/aromatic N) is 6. The fourth-order valence-corrected chi connectivity index (χ4v) is 4.07. The van der Waals surface area contributed by atoms with Crippen molar-refractivity contribution in [2.75, 3.05) is 54.9 Å². The van der Waals surface area contributed by atoms with E-state index < -0.39 is 0 Å². The summed E-state index contributed by atoms with van der Waals surface area (Å²) in [5.41, 5.74) is 2.42. The smallest absolute Gasteiger partial charge is 0.230 e. The fraction of sp³-hybridized carbons (Fsp3) is 0.500. The Morgan fingerprint density at radius 1 is 1.10 bits per heavy atom. The molecule has 1 unspecified atom stereocenters. The third kappa shape index (κ3) is 4.50. The predicted molar refractivity (Wildman–Crippen MR) is 119 cm³/mol. The highest BCUT2D eigenvalue weighted by molar-refractivity contribution is 5.56. The minimum atomic E-state index is 0.436. The molecule has 2 aromatic heterocycles. The Bertz CT molecular complexity index is 840. The first-order valence-corrected chi connectivity index (χ1v) is 10.4. The second-order valence-electron chi connectivity index (χ2n) is 8.45. The van der Waals surface area contributed by atoms with Crippen LogP contribution >= 0.6 is 0 Å². The molecule has 2 aliphatic rings. The third-order valence-corrected chi connectivity index (χ3v) is 5.85. The SMILES string of the molecule is C=C1CC(C(C)C)N(c2ccnc(Nc3ccc(N4CCN(C)CC4)cn3)n2)C1. The summed E-state index contributed by atoms with van der Waals surface area (Å²) in [6.07, 6.45) is 4.76. The summed E-state index contributed by atoms with van der Waals surface area (Å²) in [7, 11) is 2.16. The van der Waals surface area contributed by atoms with E-state index in [4.69, 9.17) is 4.98 Å². The summed E-state index contributed by atoms with van der Waals surface area (Å²) in [6.45, 7) is 13.8. The zero-order chi connectivity index (χ0) is 20.4. The van der Waals surface area contributed by atoms with Crippen LogP contribution < -0.4 is 15.1 Å². The Morgan fingerprint density at radius 2 is 1.90 bits per heavy atom. The van der Waals surface area contributed by atoms with Gasteiger partial charge in [-0.1, -0.05) is 26.0 Å². The van der Waals surface area contributed by atoms with Crippen molar-refractivity contribution in [1.29, 1.82) is 0 Å². The first kappa shape index (κ1) is 19.6. The Balaban J connectivity index is 1.45. The molecule has 0 amide bonds. The Morgan fingerprint density at radius 3 is 2.59 bits per heavy atom. The molecule has 1 atom stereocenters. The van der Waals surface area contributed by atoms with Crippen molar-refractivity contribution in [3.05, 3.63) is 42.7 Å². The lowest BCUT2D eigenvalue weighted by atomic mass is 10.0. The molecule has 29 heavy (non-hydrogen) atoms. The number of rotatable bonds is 5.